The Morgan fingerprint density at radius 1 is 1.20 bits per heavy atom. The molecule has 0 aromatic carbocycles. The maximum absolute atomic E-state index is 6.75. The largest absolute Gasteiger partial charge is 0.317 e. The fraction of sp³-hybridized carbons (Fsp3) is 0.889. The molecule has 0 saturated heterocycles. The summed E-state index contributed by atoms with van der Waals surface area (Å²) in [6, 6.07) is 0. The zero-order valence-corrected chi connectivity index (χ0v) is 7.23. The van der Waals surface area contributed by atoms with Crippen LogP contribution in [0, 0.1) is 23.3 Å². The van der Waals surface area contributed by atoms with Crippen molar-refractivity contribution in [3.05, 3.63) is 11.4 Å². The zero-order valence-electron chi connectivity index (χ0n) is 7.23. The van der Waals surface area contributed by atoms with Crippen molar-refractivity contribution in [2.24, 2.45) is 16.7 Å². The minimum absolute atomic E-state index is 0.400. The van der Waals surface area contributed by atoms with Crippen LogP contribution in [-0.2, 0) is 0 Å². The van der Waals surface area contributed by atoms with E-state index in [0.717, 1.165) is 0 Å². The Morgan fingerprint density at radius 2 is 1.60 bits per heavy atom. The number of nitrogens with zero attached hydrogens (tertiary/aromatic N) is 1. The van der Waals surface area contributed by atoms with Crippen molar-refractivity contribution in [1.29, 1.82) is 0 Å². The van der Waals surface area contributed by atoms with Gasteiger partial charge in [0.2, 0.25) is 6.54 Å². The molecule has 0 aliphatic heterocycles. The molecule has 1 heteroatoms. The summed E-state index contributed by atoms with van der Waals surface area (Å²) in [5, 5.41) is 0. The molecular formula is C9H15N. The van der Waals surface area contributed by atoms with Crippen LogP contribution in [-0.4, -0.2) is 6.54 Å². The molecular weight excluding hydrogens is 122 g/mol. The standard InChI is InChI=1S/C9H15N/c1-8(2)7(6-10-5)9(8,3)4/h7H,6H2,1-4H3. The minimum atomic E-state index is 0.400. The monoisotopic (exact) mass is 137 g/mol. The van der Waals surface area contributed by atoms with Crippen molar-refractivity contribution in [2.45, 2.75) is 27.7 Å². The van der Waals surface area contributed by atoms with Gasteiger partial charge < -0.3 is 4.85 Å². The second-order valence-electron chi connectivity index (χ2n) is 4.34. The van der Waals surface area contributed by atoms with E-state index < -0.39 is 0 Å². The molecule has 0 aromatic rings. The zero-order chi connectivity index (χ0) is 7.99. The highest BCUT2D eigenvalue weighted by Gasteiger charge is 2.66. The van der Waals surface area contributed by atoms with Crippen LogP contribution in [0.3, 0.4) is 0 Å². The maximum atomic E-state index is 6.75. The lowest BCUT2D eigenvalue weighted by atomic mass is 10.0. The van der Waals surface area contributed by atoms with Crippen molar-refractivity contribution in [3.63, 3.8) is 0 Å². The van der Waals surface area contributed by atoms with Crippen molar-refractivity contribution < 1.29 is 0 Å². The van der Waals surface area contributed by atoms with Gasteiger partial charge in [0.05, 0.1) is 0 Å². The predicted octanol–water partition coefficient (Wildman–Crippen LogP) is 2.59. The second kappa shape index (κ2) is 1.75. The topological polar surface area (TPSA) is 4.36 Å². The highest BCUT2D eigenvalue weighted by Crippen LogP contribution is 2.68. The molecule has 0 aromatic heterocycles. The summed E-state index contributed by atoms with van der Waals surface area (Å²) in [4.78, 5) is 3.44. The molecule has 1 saturated carbocycles. The highest BCUT2D eigenvalue weighted by molar-refractivity contribution is 5.14. The van der Waals surface area contributed by atoms with Crippen LogP contribution in [0.1, 0.15) is 27.7 Å². The Morgan fingerprint density at radius 3 is 1.70 bits per heavy atom. The second-order valence-corrected chi connectivity index (χ2v) is 4.34. The molecule has 1 rings (SSSR count). The van der Waals surface area contributed by atoms with Crippen LogP contribution >= 0.6 is 0 Å². The molecule has 0 unspecified atom stereocenters. The van der Waals surface area contributed by atoms with Gasteiger partial charge in [0.1, 0.15) is 0 Å². The molecule has 10 heavy (non-hydrogen) atoms. The molecule has 56 valence electrons. The molecule has 0 spiro atoms. The molecule has 0 atom stereocenters. The highest BCUT2D eigenvalue weighted by atomic mass is 14.8. The maximum Gasteiger partial charge on any atom is 0.218 e. The molecule has 1 aliphatic carbocycles. The van der Waals surface area contributed by atoms with E-state index in [-0.39, 0.29) is 0 Å². The third-order valence-electron chi connectivity index (χ3n) is 3.59. The Balaban J connectivity index is 2.65. The summed E-state index contributed by atoms with van der Waals surface area (Å²) in [7, 11) is 0. The van der Waals surface area contributed by atoms with Gasteiger partial charge in [-0.05, 0) is 10.8 Å². The average molecular weight is 137 g/mol. The molecule has 0 amide bonds. The van der Waals surface area contributed by atoms with Gasteiger partial charge in [0.15, 0.2) is 0 Å². The summed E-state index contributed by atoms with van der Waals surface area (Å²) < 4.78 is 0. The molecule has 1 nitrogen and oxygen atoms in total. The van der Waals surface area contributed by atoms with Gasteiger partial charge in [-0.1, -0.05) is 27.7 Å². The van der Waals surface area contributed by atoms with E-state index in [4.69, 9.17) is 6.57 Å². The smallest absolute Gasteiger partial charge is 0.218 e. The van der Waals surface area contributed by atoms with Gasteiger partial charge in [-0.3, -0.25) is 0 Å². The molecule has 0 heterocycles. The lowest BCUT2D eigenvalue weighted by molar-refractivity contribution is 0.457. The number of hydrogen-bond acceptors (Lipinski definition) is 0. The third kappa shape index (κ3) is 0.683. The SMILES string of the molecule is [C-]#[N+]CC1C(C)(C)C1(C)C. The van der Waals surface area contributed by atoms with Crippen LogP contribution in [0.25, 0.3) is 4.85 Å². The number of hydrogen-bond donors (Lipinski definition) is 0. The lowest BCUT2D eigenvalue weighted by Crippen LogP contribution is -1.95. The van der Waals surface area contributed by atoms with Crippen LogP contribution in [0.5, 0.6) is 0 Å². The van der Waals surface area contributed by atoms with Gasteiger partial charge in [-0.2, -0.15) is 0 Å². The molecule has 0 N–H and O–H groups in total. The Kier molecular flexibility index (Phi) is 1.33. The van der Waals surface area contributed by atoms with Crippen molar-refractivity contribution in [2.75, 3.05) is 6.54 Å². The summed E-state index contributed by atoms with van der Waals surface area (Å²) in [5.41, 5.74) is 0.801. The summed E-state index contributed by atoms with van der Waals surface area (Å²) in [5.74, 6) is 0.623. The van der Waals surface area contributed by atoms with Gasteiger partial charge in [-0.15, -0.1) is 0 Å². The number of rotatable bonds is 1. The van der Waals surface area contributed by atoms with Crippen LogP contribution in [0.2, 0.25) is 0 Å². The summed E-state index contributed by atoms with van der Waals surface area (Å²) in [6.07, 6.45) is 0. The van der Waals surface area contributed by atoms with Crippen molar-refractivity contribution in [3.8, 4) is 0 Å². The fourth-order valence-electron chi connectivity index (χ4n) is 1.88. The molecule has 1 fully saturated rings. The van der Waals surface area contributed by atoms with E-state index in [9.17, 15) is 0 Å². The Labute approximate surface area is 63.3 Å². The van der Waals surface area contributed by atoms with E-state index in [1.165, 1.54) is 0 Å². The van der Waals surface area contributed by atoms with E-state index in [0.29, 0.717) is 23.3 Å². The first kappa shape index (κ1) is 7.60. The van der Waals surface area contributed by atoms with Crippen LogP contribution < -0.4 is 0 Å². The first-order valence-electron chi connectivity index (χ1n) is 3.78. The van der Waals surface area contributed by atoms with Crippen LogP contribution in [0.4, 0.5) is 0 Å². The lowest BCUT2D eigenvalue weighted by Gasteiger charge is -2.03. The fourth-order valence-corrected chi connectivity index (χ4v) is 1.88. The van der Waals surface area contributed by atoms with Gasteiger partial charge >= 0.3 is 0 Å². The van der Waals surface area contributed by atoms with Crippen molar-refractivity contribution in [1.82, 2.24) is 0 Å². The van der Waals surface area contributed by atoms with Gasteiger partial charge in [0, 0.05) is 5.92 Å². The molecule has 1 aliphatic rings. The Hall–Kier alpha value is -0.510. The van der Waals surface area contributed by atoms with Gasteiger partial charge in [0.25, 0.3) is 0 Å². The minimum Gasteiger partial charge on any atom is -0.317 e. The summed E-state index contributed by atoms with van der Waals surface area (Å²) >= 11 is 0. The summed E-state index contributed by atoms with van der Waals surface area (Å²) in [6.45, 7) is 16.5. The quantitative estimate of drug-likeness (QED) is 0.489. The van der Waals surface area contributed by atoms with E-state index in [1.807, 2.05) is 0 Å². The average Bonchev–Trinajstić information content (AvgIpc) is 2.13. The first-order chi connectivity index (χ1) is 4.44. The molecule has 0 radical (unpaired) electrons. The Bertz CT molecular complexity index is 169. The van der Waals surface area contributed by atoms with E-state index in [1.54, 1.807) is 0 Å². The van der Waals surface area contributed by atoms with Gasteiger partial charge in [-0.25, -0.2) is 6.57 Å². The third-order valence-corrected chi connectivity index (χ3v) is 3.59. The van der Waals surface area contributed by atoms with Crippen molar-refractivity contribution >= 4 is 0 Å². The first-order valence-corrected chi connectivity index (χ1v) is 3.78. The molecule has 0 bridgehead atoms. The normalized spacial score (nSPS) is 27.5. The van der Waals surface area contributed by atoms with E-state index in [2.05, 4.69) is 32.5 Å². The predicted molar refractivity (Wildman–Crippen MR) is 42.5 cm³/mol. The van der Waals surface area contributed by atoms with Crippen LogP contribution in [0.15, 0.2) is 0 Å². The van der Waals surface area contributed by atoms with E-state index >= 15 is 0 Å².